The van der Waals surface area contributed by atoms with Gasteiger partial charge in [-0.2, -0.15) is 0 Å². The Hall–Kier alpha value is 0.347. The molecule has 0 rings (SSSR count). The van der Waals surface area contributed by atoms with Crippen molar-refractivity contribution in [1.29, 1.82) is 0 Å². The summed E-state index contributed by atoms with van der Waals surface area (Å²) in [7, 11) is 7.55. The average molecular weight is 496 g/mol. The summed E-state index contributed by atoms with van der Waals surface area (Å²) in [6, 6.07) is 0.924. The van der Waals surface area contributed by atoms with Gasteiger partial charge in [0.25, 0.3) is 0 Å². The van der Waals surface area contributed by atoms with Gasteiger partial charge in [-0.25, -0.2) is 0 Å². The van der Waals surface area contributed by atoms with E-state index in [4.69, 9.17) is 13.3 Å². The van der Waals surface area contributed by atoms with Gasteiger partial charge in [0.05, 0.1) is 27.2 Å². The van der Waals surface area contributed by atoms with E-state index in [0.29, 0.717) is 0 Å². The van der Waals surface area contributed by atoms with Crippen molar-refractivity contribution >= 4 is 8.80 Å². The highest BCUT2D eigenvalue weighted by atomic mass is 35.5. The minimum atomic E-state index is -2.36. The predicted octanol–water partition coefficient (Wildman–Crippen LogP) is 4.60. The van der Waals surface area contributed by atoms with Crippen LogP contribution < -0.4 is 12.4 Å². The fraction of sp³-hybridized carbons (Fsp3) is 1.00. The SMILES string of the molecule is CCCCCCCCCCCCCCC[N+](C)(C)CCCCCC[Si](OC)(OC)OC.[Cl-]. The molecule has 0 amide bonds. The number of quaternary nitrogens is 1. The Balaban J connectivity index is 0. The molecule has 6 heteroatoms. The Morgan fingerprint density at radius 1 is 0.500 bits per heavy atom. The summed E-state index contributed by atoms with van der Waals surface area (Å²) in [5.41, 5.74) is 0. The third-order valence-corrected chi connectivity index (χ3v) is 9.63. The molecule has 0 aromatic rings. The molecule has 0 fully saturated rings. The number of rotatable bonds is 24. The summed E-state index contributed by atoms with van der Waals surface area (Å²) < 4.78 is 17.7. The summed E-state index contributed by atoms with van der Waals surface area (Å²) >= 11 is 0. The Morgan fingerprint density at radius 3 is 1.16 bits per heavy atom. The van der Waals surface area contributed by atoms with Crippen molar-refractivity contribution in [2.45, 2.75) is 122 Å². The topological polar surface area (TPSA) is 27.7 Å². The maximum Gasteiger partial charge on any atom is 0.500 e. The van der Waals surface area contributed by atoms with E-state index in [1.165, 1.54) is 120 Å². The molecule has 0 bridgehead atoms. The number of halogens is 1. The smallest absolute Gasteiger partial charge is 0.500 e. The van der Waals surface area contributed by atoms with Crippen LogP contribution in [-0.4, -0.2) is 61.8 Å². The molecule has 0 aliphatic heterocycles. The third-order valence-electron chi connectivity index (χ3n) is 6.80. The van der Waals surface area contributed by atoms with Crippen molar-refractivity contribution in [1.82, 2.24) is 0 Å². The minimum absolute atomic E-state index is 0. The van der Waals surface area contributed by atoms with E-state index in [2.05, 4.69) is 21.0 Å². The lowest BCUT2D eigenvalue weighted by atomic mass is 10.0. The lowest BCUT2D eigenvalue weighted by Gasteiger charge is -2.30. The molecule has 0 radical (unpaired) electrons. The van der Waals surface area contributed by atoms with E-state index >= 15 is 0 Å². The Kier molecular flexibility index (Phi) is 24.9. The lowest BCUT2D eigenvalue weighted by molar-refractivity contribution is -0.890. The maximum absolute atomic E-state index is 5.50. The number of hydrogen-bond acceptors (Lipinski definition) is 3. The zero-order valence-electron chi connectivity index (χ0n) is 22.7. The second-order valence-corrected chi connectivity index (χ2v) is 13.2. The van der Waals surface area contributed by atoms with E-state index in [9.17, 15) is 0 Å². The van der Waals surface area contributed by atoms with Crippen LogP contribution in [0, 0.1) is 0 Å². The van der Waals surface area contributed by atoms with Crippen molar-refractivity contribution in [2.24, 2.45) is 0 Å². The van der Waals surface area contributed by atoms with Gasteiger partial charge in [-0.05, 0) is 32.1 Å². The quantitative estimate of drug-likeness (QED) is 0.111. The van der Waals surface area contributed by atoms with Gasteiger partial charge >= 0.3 is 8.80 Å². The van der Waals surface area contributed by atoms with Crippen molar-refractivity contribution in [3.05, 3.63) is 0 Å². The maximum atomic E-state index is 5.50. The molecule has 0 spiro atoms. The van der Waals surface area contributed by atoms with Crippen LogP contribution >= 0.6 is 0 Å². The molecule has 4 nitrogen and oxygen atoms in total. The van der Waals surface area contributed by atoms with Crippen molar-refractivity contribution in [3.8, 4) is 0 Å². The predicted molar refractivity (Wildman–Crippen MR) is 138 cm³/mol. The Morgan fingerprint density at radius 2 is 0.812 bits per heavy atom. The summed E-state index contributed by atoms with van der Waals surface area (Å²) in [5.74, 6) is 0. The van der Waals surface area contributed by atoms with Crippen molar-refractivity contribution < 1.29 is 30.2 Å². The molecule has 196 valence electrons. The summed E-state index contributed by atoms with van der Waals surface area (Å²) in [6.07, 6.45) is 23.6. The molecule has 0 aliphatic carbocycles. The fourth-order valence-corrected chi connectivity index (χ4v) is 6.26. The minimum Gasteiger partial charge on any atom is -1.00 e. The van der Waals surface area contributed by atoms with Crippen LogP contribution in [-0.2, 0) is 13.3 Å². The molecule has 0 aromatic heterocycles. The molecule has 0 heterocycles. The monoisotopic (exact) mass is 495 g/mol. The van der Waals surface area contributed by atoms with Crippen LogP contribution in [0.3, 0.4) is 0 Å². The number of nitrogens with zero attached hydrogens (tertiary/aromatic N) is 1. The summed E-state index contributed by atoms with van der Waals surface area (Å²) in [6.45, 7) is 4.91. The molecule has 0 aliphatic rings. The fourth-order valence-electron chi connectivity index (χ4n) is 4.46. The zero-order chi connectivity index (χ0) is 23.3. The Labute approximate surface area is 209 Å². The highest BCUT2D eigenvalue weighted by Gasteiger charge is 2.36. The number of hydrogen-bond donors (Lipinski definition) is 0. The second kappa shape index (κ2) is 23.1. The van der Waals surface area contributed by atoms with Crippen LogP contribution in [0.1, 0.15) is 116 Å². The van der Waals surface area contributed by atoms with Crippen LogP contribution in [0.2, 0.25) is 6.04 Å². The third kappa shape index (κ3) is 19.8. The van der Waals surface area contributed by atoms with Gasteiger partial charge in [0.15, 0.2) is 0 Å². The first-order valence-electron chi connectivity index (χ1n) is 13.4. The zero-order valence-corrected chi connectivity index (χ0v) is 24.4. The molecular weight excluding hydrogens is 438 g/mol. The van der Waals surface area contributed by atoms with Crippen LogP contribution in [0.5, 0.6) is 0 Å². The van der Waals surface area contributed by atoms with Crippen LogP contribution in [0.4, 0.5) is 0 Å². The van der Waals surface area contributed by atoms with E-state index in [1.807, 2.05) is 0 Å². The highest BCUT2D eigenvalue weighted by Crippen LogP contribution is 2.18. The van der Waals surface area contributed by atoms with Gasteiger partial charge in [0, 0.05) is 27.4 Å². The average Bonchev–Trinajstić information content (AvgIpc) is 2.77. The van der Waals surface area contributed by atoms with Crippen LogP contribution in [0.25, 0.3) is 0 Å². The normalized spacial score (nSPS) is 12.2. The van der Waals surface area contributed by atoms with E-state index in [-0.39, 0.29) is 12.4 Å². The van der Waals surface area contributed by atoms with Gasteiger partial charge in [-0.3, -0.25) is 0 Å². The first-order valence-corrected chi connectivity index (χ1v) is 15.4. The number of unbranched alkanes of at least 4 members (excludes halogenated alkanes) is 15. The molecule has 0 unspecified atom stereocenters. The molecule has 0 atom stereocenters. The largest absolute Gasteiger partial charge is 1.00 e. The van der Waals surface area contributed by atoms with Crippen LogP contribution in [0.15, 0.2) is 0 Å². The molecule has 32 heavy (non-hydrogen) atoms. The molecular formula is C26H58ClNO3Si. The van der Waals surface area contributed by atoms with Gasteiger partial charge in [0.1, 0.15) is 0 Å². The van der Waals surface area contributed by atoms with Gasteiger partial charge in [-0.15, -0.1) is 0 Å². The second-order valence-electron chi connectivity index (χ2n) is 10.1. The highest BCUT2D eigenvalue weighted by molar-refractivity contribution is 6.60. The van der Waals surface area contributed by atoms with E-state index < -0.39 is 8.80 Å². The van der Waals surface area contributed by atoms with E-state index in [0.717, 1.165) is 12.5 Å². The Bertz CT molecular complexity index is 374. The summed E-state index contributed by atoms with van der Waals surface area (Å²) in [5, 5.41) is 0. The molecule has 0 saturated heterocycles. The molecule has 0 saturated carbocycles. The first-order chi connectivity index (χ1) is 14.9. The lowest BCUT2D eigenvalue weighted by Crippen LogP contribution is -3.00. The van der Waals surface area contributed by atoms with Crippen molar-refractivity contribution in [2.75, 3.05) is 48.5 Å². The molecule has 0 N–H and O–H groups in total. The van der Waals surface area contributed by atoms with E-state index in [1.54, 1.807) is 21.3 Å². The molecule has 0 aromatic carbocycles. The van der Waals surface area contributed by atoms with Gasteiger partial charge in [0.2, 0.25) is 0 Å². The first kappa shape index (κ1) is 34.5. The standard InChI is InChI=1S/C26H58NO3Si.ClH/c1-7-8-9-10-11-12-13-14-15-16-17-18-21-24-27(2,3)25-22-19-20-23-26-31(28-4,29-5)30-6;/h7-26H2,1-6H3;1H/q+1;/p-1. The van der Waals surface area contributed by atoms with Gasteiger partial charge in [-0.1, -0.05) is 84.0 Å². The summed E-state index contributed by atoms with van der Waals surface area (Å²) in [4.78, 5) is 0. The van der Waals surface area contributed by atoms with Crippen molar-refractivity contribution in [3.63, 3.8) is 0 Å². The van der Waals surface area contributed by atoms with Gasteiger partial charge < -0.3 is 30.2 Å².